The van der Waals surface area contributed by atoms with E-state index in [1.165, 1.54) is 18.4 Å². The highest BCUT2D eigenvalue weighted by Gasteiger charge is 2.03. The molecule has 1 N–H and O–H groups in total. The maximum atomic E-state index is 5.75. The van der Waals surface area contributed by atoms with E-state index in [1.807, 2.05) is 18.2 Å². The predicted octanol–water partition coefficient (Wildman–Crippen LogP) is 3.79. The van der Waals surface area contributed by atoms with Crippen molar-refractivity contribution >= 4 is 0 Å². The average Bonchev–Trinajstić information content (AvgIpc) is 2.34. The van der Waals surface area contributed by atoms with Crippen molar-refractivity contribution in [2.45, 2.75) is 46.6 Å². The van der Waals surface area contributed by atoms with Gasteiger partial charge in [0.2, 0.25) is 0 Å². The Morgan fingerprint density at radius 3 is 2.50 bits per heavy atom. The molecular weight excluding hydrogens is 222 g/mol. The van der Waals surface area contributed by atoms with Crippen molar-refractivity contribution < 1.29 is 4.74 Å². The molecule has 1 aromatic carbocycles. The summed E-state index contributed by atoms with van der Waals surface area (Å²) < 4.78 is 5.75. The van der Waals surface area contributed by atoms with E-state index in [1.54, 1.807) is 0 Å². The first-order valence-corrected chi connectivity index (χ1v) is 7.01. The Morgan fingerprint density at radius 1 is 1.11 bits per heavy atom. The van der Waals surface area contributed by atoms with Crippen LogP contribution in [0.2, 0.25) is 0 Å². The second kappa shape index (κ2) is 8.15. The van der Waals surface area contributed by atoms with Crippen LogP contribution in [0.25, 0.3) is 0 Å². The van der Waals surface area contributed by atoms with Gasteiger partial charge < -0.3 is 10.1 Å². The number of para-hydroxylation sites is 1. The lowest BCUT2D eigenvalue weighted by Crippen LogP contribution is -2.30. The third-order valence-electron chi connectivity index (χ3n) is 3.12. The van der Waals surface area contributed by atoms with Crippen LogP contribution in [-0.2, 0) is 0 Å². The first-order chi connectivity index (χ1) is 8.59. The van der Waals surface area contributed by atoms with Gasteiger partial charge in [0.1, 0.15) is 12.4 Å². The first-order valence-electron chi connectivity index (χ1n) is 7.01. The van der Waals surface area contributed by atoms with Gasteiger partial charge in [0, 0.05) is 12.6 Å². The molecule has 1 atom stereocenters. The second-order valence-corrected chi connectivity index (χ2v) is 5.44. The zero-order valence-electron chi connectivity index (χ0n) is 12.2. The number of benzene rings is 1. The normalized spacial score (nSPS) is 12.7. The minimum absolute atomic E-state index is 0.577. The lowest BCUT2D eigenvalue weighted by atomic mass is 10.0. The summed E-state index contributed by atoms with van der Waals surface area (Å²) >= 11 is 0. The van der Waals surface area contributed by atoms with Crippen molar-refractivity contribution in [3.8, 4) is 5.75 Å². The average molecular weight is 249 g/mol. The van der Waals surface area contributed by atoms with Crippen LogP contribution < -0.4 is 10.1 Å². The van der Waals surface area contributed by atoms with Crippen molar-refractivity contribution in [3.63, 3.8) is 0 Å². The molecule has 0 radical (unpaired) electrons. The summed E-state index contributed by atoms with van der Waals surface area (Å²) in [7, 11) is 0. The summed E-state index contributed by atoms with van der Waals surface area (Å²) in [5.74, 6) is 1.78. The monoisotopic (exact) mass is 249 g/mol. The Kier molecular flexibility index (Phi) is 6.81. The minimum atomic E-state index is 0.577. The molecular formula is C16H27NO. The highest BCUT2D eigenvalue weighted by Crippen LogP contribution is 2.15. The summed E-state index contributed by atoms with van der Waals surface area (Å²) in [6, 6.07) is 8.73. The molecule has 0 saturated carbocycles. The van der Waals surface area contributed by atoms with Crippen LogP contribution in [-0.4, -0.2) is 19.2 Å². The molecule has 1 rings (SSSR count). The maximum Gasteiger partial charge on any atom is 0.122 e. The van der Waals surface area contributed by atoms with E-state index in [4.69, 9.17) is 4.74 Å². The third kappa shape index (κ3) is 6.06. The van der Waals surface area contributed by atoms with E-state index >= 15 is 0 Å². The molecule has 0 amide bonds. The Labute approximate surface area is 112 Å². The van der Waals surface area contributed by atoms with Gasteiger partial charge in [-0.1, -0.05) is 32.0 Å². The van der Waals surface area contributed by atoms with Gasteiger partial charge in [-0.05, 0) is 44.2 Å². The number of hydrogen-bond acceptors (Lipinski definition) is 2. The molecule has 0 aliphatic carbocycles. The molecule has 0 bridgehead atoms. The minimum Gasteiger partial charge on any atom is -0.492 e. The molecule has 1 aromatic rings. The molecule has 0 saturated heterocycles. The van der Waals surface area contributed by atoms with Crippen LogP contribution >= 0.6 is 0 Å². The fourth-order valence-corrected chi connectivity index (χ4v) is 1.87. The van der Waals surface area contributed by atoms with Gasteiger partial charge in [-0.2, -0.15) is 0 Å². The first kappa shape index (κ1) is 15.0. The zero-order valence-corrected chi connectivity index (χ0v) is 12.2. The smallest absolute Gasteiger partial charge is 0.122 e. The lowest BCUT2D eigenvalue weighted by molar-refractivity contribution is 0.301. The molecule has 0 aromatic heterocycles. The SMILES string of the molecule is Cc1ccccc1OCCNC(C)CCC(C)C. The number of hydrogen-bond donors (Lipinski definition) is 1. The summed E-state index contributed by atoms with van der Waals surface area (Å²) in [4.78, 5) is 0. The predicted molar refractivity (Wildman–Crippen MR) is 78.2 cm³/mol. The van der Waals surface area contributed by atoms with Crippen LogP contribution in [0, 0.1) is 12.8 Å². The summed E-state index contributed by atoms with van der Waals surface area (Å²) in [5.41, 5.74) is 1.20. The van der Waals surface area contributed by atoms with Gasteiger partial charge in [0.15, 0.2) is 0 Å². The van der Waals surface area contributed by atoms with Crippen LogP contribution in [0.3, 0.4) is 0 Å². The van der Waals surface area contributed by atoms with Gasteiger partial charge >= 0.3 is 0 Å². The van der Waals surface area contributed by atoms with Gasteiger partial charge in [-0.3, -0.25) is 0 Å². The number of rotatable bonds is 8. The molecule has 1 unspecified atom stereocenters. The van der Waals surface area contributed by atoms with E-state index in [-0.39, 0.29) is 0 Å². The zero-order chi connectivity index (χ0) is 13.4. The fraction of sp³-hybridized carbons (Fsp3) is 0.625. The quantitative estimate of drug-likeness (QED) is 0.708. The molecule has 0 spiro atoms. The molecule has 2 heteroatoms. The fourth-order valence-electron chi connectivity index (χ4n) is 1.87. The van der Waals surface area contributed by atoms with Gasteiger partial charge in [-0.15, -0.1) is 0 Å². The molecule has 2 nitrogen and oxygen atoms in total. The van der Waals surface area contributed by atoms with Crippen LogP contribution in [0.15, 0.2) is 24.3 Å². The molecule has 102 valence electrons. The van der Waals surface area contributed by atoms with Gasteiger partial charge in [-0.25, -0.2) is 0 Å². The molecule has 0 aliphatic rings. The lowest BCUT2D eigenvalue weighted by Gasteiger charge is -2.15. The van der Waals surface area contributed by atoms with Crippen molar-refractivity contribution in [2.24, 2.45) is 5.92 Å². The largest absolute Gasteiger partial charge is 0.492 e. The summed E-state index contributed by atoms with van der Waals surface area (Å²) in [5, 5.41) is 3.50. The van der Waals surface area contributed by atoms with Crippen molar-refractivity contribution in [3.05, 3.63) is 29.8 Å². The Bertz CT molecular complexity index is 336. The van der Waals surface area contributed by atoms with Crippen molar-refractivity contribution in [1.82, 2.24) is 5.32 Å². The maximum absolute atomic E-state index is 5.75. The number of nitrogens with one attached hydrogen (secondary N) is 1. The molecule has 0 heterocycles. The highest BCUT2D eigenvalue weighted by atomic mass is 16.5. The number of aryl methyl sites for hydroxylation is 1. The second-order valence-electron chi connectivity index (χ2n) is 5.44. The van der Waals surface area contributed by atoms with Crippen LogP contribution in [0.4, 0.5) is 0 Å². The standard InChI is InChI=1S/C16H27NO/c1-13(2)9-10-15(4)17-11-12-18-16-8-6-5-7-14(16)3/h5-8,13,15,17H,9-12H2,1-4H3. The Balaban J connectivity index is 2.13. The van der Waals surface area contributed by atoms with E-state index < -0.39 is 0 Å². The molecule has 0 aliphatic heterocycles. The summed E-state index contributed by atoms with van der Waals surface area (Å²) in [6.45, 7) is 10.5. The topological polar surface area (TPSA) is 21.3 Å². The number of ether oxygens (including phenoxy) is 1. The van der Waals surface area contributed by atoms with Gasteiger partial charge in [0.05, 0.1) is 0 Å². The molecule has 18 heavy (non-hydrogen) atoms. The van der Waals surface area contributed by atoms with Crippen LogP contribution in [0.1, 0.15) is 39.2 Å². The van der Waals surface area contributed by atoms with E-state index in [9.17, 15) is 0 Å². The van der Waals surface area contributed by atoms with Crippen molar-refractivity contribution in [1.29, 1.82) is 0 Å². The Morgan fingerprint density at radius 2 is 1.83 bits per heavy atom. The third-order valence-corrected chi connectivity index (χ3v) is 3.12. The van der Waals surface area contributed by atoms with Crippen molar-refractivity contribution in [2.75, 3.05) is 13.2 Å². The van der Waals surface area contributed by atoms with Gasteiger partial charge in [0.25, 0.3) is 0 Å². The summed E-state index contributed by atoms with van der Waals surface area (Å²) in [6.07, 6.45) is 2.52. The highest BCUT2D eigenvalue weighted by molar-refractivity contribution is 5.31. The van der Waals surface area contributed by atoms with E-state index in [2.05, 4.69) is 39.1 Å². The van der Waals surface area contributed by atoms with E-state index in [0.717, 1.165) is 24.8 Å². The Hall–Kier alpha value is -1.02. The van der Waals surface area contributed by atoms with Crippen LogP contribution in [0.5, 0.6) is 5.75 Å². The van der Waals surface area contributed by atoms with E-state index in [0.29, 0.717) is 6.04 Å². The molecule has 0 fully saturated rings.